The van der Waals surface area contributed by atoms with Gasteiger partial charge in [-0.15, -0.1) is 0 Å². The molecule has 0 spiro atoms. The van der Waals surface area contributed by atoms with Gasteiger partial charge in [0.25, 0.3) is 0 Å². The minimum Gasteiger partial charge on any atom is -0.748 e. The zero-order valence-electron chi connectivity index (χ0n) is 8.39. The van der Waals surface area contributed by atoms with Gasteiger partial charge in [0.15, 0.2) is 0 Å². The Hall–Kier alpha value is 0.570. The Bertz CT molecular complexity index is 261. The molecule has 78 valence electrons. The van der Waals surface area contributed by atoms with Crippen molar-refractivity contribution in [3.05, 3.63) is 12.2 Å². The fourth-order valence-corrected chi connectivity index (χ4v) is 1.22. The zero-order valence-corrected chi connectivity index (χ0v) is 11.2. The smallest absolute Gasteiger partial charge is 0.748 e. The van der Waals surface area contributed by atoms with Crippen LogP contribution in [0.2, 0.25) is 0 Å². The minimum atomic E-state index is -4.38. The summed E-state index contributed by atoms with van der Waals surface area (Å²) in [6.45, 7) is 5.35. The van der Waals surface area contributed by atoms with E-state index in [1.54, 1.807) is 6.92 Å². The van der Waals surface area contributed by atoms with Crippen molar-refractivity contribution in [2.24, 2.45) is 0 Å². The molecule has 0 aromatic carbocycles. The maximum Gasteiger partial charge on any atom is 1.00 e. The van der Waals surface area contributed by atoms with Crippen molar-refractivity contribution in [1.29, 1.82) is 0 Å². The Balaban J connectivity index is 0. The third-order valence-corrected chi connectivity index (χ3v) is 1.85. The molecule has 0 fully saturated rings. The monoisotopic (exact) mass is 232 g/mol. The van der Waals surface area contributed by atoms with Gasteiger partial charge in [-0.1, -0.05) is 12.2 Å². The van der Waals surface area contributed by atoms with Crippen molar-refractivity contribution < 1.29 is 52.4 Å². The molecule has 0 saturated carbocycles. The Labute approximate surface area is 106 Å². The van der Waals surface area contributed by atoms with Crippen LogP contribution in [0.1, 0.15) is 6.92 Å². The third kappa shape index (κ3) is 12.6. The molecule has 7 heteroatoms. The molecule has 0 heterocycles. The van der Waals surface area contributed by atoms with E-state index in [0.29, 0.717) is 0 Å². The van der Waals surface area contributed by atoms with Gasteiger partial charge in [0, 0.05) is 0 Å². The van der Waals surface area contributed by atoms with E-state index < -0.39 is 22.0 Å². The first kappa shape index (κ1) is 17.0. The predicted molar refractivity (Wildman–Crippen MR) is 46.2 cm³/mol. The molecule has 1 N–H and O–H groups in total. The van der Waals surface area contributed by atoms with Crippen LogP contribution in [0.15, 0.2) is 12.2 Å². The fourth-order valence-electron chi connectivity index (χ4n) is 0.653. The van der Waals surface area contributed by atoms with Crippen LogP contribution in [0.4, 0.5) is 0 Å². The van der Waals surface area contributed by atoms with E-state index in [1.807, 2.05) is 0 Å². The van der Waals surface area contributed by atoms with Crippen molar-refractivity contribution in [1.82, 2.24) is 0 Å². The first-order valence-electron chi connectivity index (χ1n) is 3.65. The largest absolute Gasteiger partial charge is 1.00 e. The number of aliphatic hydroxyl groups excluding tert-OH is 1. The van der Waals surface area contributed by atoms with Gasteiger partial charge in [0.1, 0.15) is 0 Å². The quantitative estimate of drug-likeness (QED) is 0.291. The summed E-state index contributed by atoms with van der Waals surface area (Å²) < 4.78 is 35.3. The molecule has 0 saturated heterocycles. The van der Waals surface area contributed by atoms with Crippen LogP contribution in [-0.4, -0.2) is 43.1 Å². The second-order valence-electron chi connectivity index (χ2n) is 2.85. The molecule has 0 radical (unpaired) electrons. The summed E-state index contributed by atoms with van der Waals surface area (Å²) in [5, 5.41) is 8.96. The molecule has 0 rings (SSSR count). The standard InChI is InChI=1S/C7H14O5S.Na/c1-6(2)3-12-4-7(8)5-13(9,10)11;/h7-8H,1,3-5H2,2H3,(H,9,10,11);/q;+1/p-1. The molecule has 0 aromatic rings. The van der Waals surface area contributed by atoms with Crippen molar-refractivity contribution in [2.75, 3.05) is 19.0 Å². The van der Waals surface area contributed by atoms with Crippen LogP contribution < -0.4 is 29.6 Å². The molecule has 0 bridgehead atoms. The van der Waals surface area contributed by atoms with Gasteiger partial charge in [-0.25, -0.2) is 8.42 Å². The summed E-state index contributed by atoms with van der Waals surface area (Å²) in [6.07, 6.45) is -1.26. The number of rotatable bonds is 6. The summed E-state index contributed by atoms with van der Waals surface area (Å²) in [4.78, 5) is 0. The molecular formula is C7H13NaO5S. The summed E-state index contributed by atoms with van der Waals surface area (Å²) >= 11 is 0. The summed E-state index contributed by atoms with van der Waals surface area (Å²) in [7, 11) is -4.38. The molecule has 0 amide bonds. The van der Waals surface area contributed by atoms with Crippen LogP contribution in [0.25, 0.3) is 0 Å². The Kier molecular flexibility index (Phi) is 9.47. The van der Waals surface area contributed by atoms with Gasteiger partial charge in [0.05, 0.1) is 35.2 Å². The molecule has 0 aliphatic carbocycles. The van der Waals surface area contributed by atoms with Crippen molar-refractivity contribution in [3.8, 4) is 0 Å². The first-order valence-corrected chi connectivity index (χ1v) is 5.23. The van der Waals surface area contributed by atoms with Crippen molar-refractivity contribution >= 4 is 10.1 Å². The van der Waals surface area contributed by atoms with Crippen LogP contribution >= 0.6 is 0 Å². The van der Waals surface area contributed by atoms with E-state index in [0.717, 1.165) is 5.57 Å². The van der Waals surface area contributed by atoms with Crippen LogP contribution in [0.3, 0.4) is 0 Å². The van der Waals surface area contributed by atoms with Crippen molar-refractivity contribution in [3.63, 3.8) is 0 Å². The fraction of sp³-hybridized carbons (Fsp3) is 0.714. The molecule has 14 heavy (non-hydrogen) atoms. The van der Waals surface area contributed by atoms with Gasteiger partial charge in [-0.2, -0.15) is 0 Å². The maximum absolute atomic E-state index is 10.2. The van der Waals surface area contributed by atoms with Crippen LogP contribution in [0.5, 0.6) is 0 Å². The van der Waals surface area contributed by atoms with E-state index >= 15 is 0 Å². The van der Waals surface area contributed by atoms with Gasteiger partial charge in [-0.05, 0) is 6.92 Å². The molecule has 0 aliphatic rings. The average Bonchev–Trinajstić information content (AvgIpc) is 1.81. The second-order valence-corrected chi connectivity index (χ2v) is 4.30. The number of hydrogen-bond donors (Lipinski definition) is 1. The number of hydrogen-bond acceptors (Lipinski definition) is 5. The maximum atomic E-state index is 10.2. The van der Waals surface area contributed by atoms with E-state index in [1.165, 1.54) is 0 Å². The molecule has 0 aliphatic heterocycles. The van der Waals surface area contributed by atoms with Gasteiger partial charge in [0.2, 0.25) is 0 Å². The summed E-state index contributed by atoms with van der Waals surface area (Å²) in [5.41, 5.74) is 0.761. The van der Waals surface area contributed by atoms with E-state index in [9.17, 15) is 13.0 Å². The minimum absolute atomic E-state index is 0. The van der Waals surface area contributed by atoms with Crippen LogP contribution in [-0.2, 0) is 14.9 Å². The molecule has 5 nitrogen and oxygen atoms in total. The number of ether oxygens (including phenoxy) is 1. The molecular weight excluding hydrogens is 219 g/mol. The van der Waals surface area contributed by atoms with Gasteiger partial charge < -0.3 is 14.4 Å². The first-order chi connectivity index (χ1) is 5.81. The van der Waals surface area contributed by atoms with E-state index in [4.69, 9.17) is 9.84 Å². The average molecular weight is 232 g/mol. The Morgan fingerprint density at radius 1 is 1.64 bits per heavy atom. The SMILES string of the molecule is C=C(C)COCC(O)CS(=O)(=O)[O-].[Na+]. The van der Waals surface area contributed by atoms with E-state index in [2.05, 4.69) is 6.58 Å². The Morgan fingerprint density at radius 3 is 2.50 bits per heavy atom. The van der Waals surface area contributed by atoms with Crippen LogP contribution in [0, 0.1) is 0 Å². The molecule has 1 atom stereocenters. The topological polar surface area (TPSA) is 86.7 Å². The van der Waals surface area contributed by atoms with E-state index in [-0.39, 0.29) is 42.8 Å². The summed E-state index contributed by atoms with van der Waals surface area (Å²) in [5.74, 6) is -0.816. The van der Waals surface area contributed by atoms with Gasteiger partial charge >= 0.3 is 29.6 Å². The molecule has 1 unspecified atom stereocenters. The van der Waals surface area contributed by atoms with Gasteiger partial charge in [-0.3, -0.25) is 0 Å². The normalized spacial score (nSPS) is 13.1. The van der Waals surface area contributed by atoms with Crippen molar-refractivity contribution in [2.45, 2.75) is 13.0 Å². The number of aliphatic hydroxyl groups is 1. The molecule has 0 aromatic heterocycles. The predicted octanol–water partition coefficient (Wildman–Crippen LogP) is -3.51. The zero-order chi connectivity index (χ0) is 10.5. The second kappa shape index (κ2) is 7.81. The third-order valence-electron chi connectivity index (χ3n) is 1.06. The summed E-state index contributed by atoms with van der Waals surface area (Å²) in [6, 6.07) is 0. The Morgan fingerprint density at radius 2 is 2.14 bits per heavy atom.